The van der Waals surface area contributed by atoms with Gasteiger partial charge in [0.25, 0.3) is 0 Å². The summed E-state index contributed by atoms with van der Waals surface area (Å²) in [6, 6.07) is 6.32. The maximum absolute atomic E-state index is 12.8. The molecule has 3 rings (SSSR count). The van der Waals surface area contributed by atoms with Crippen LogP contribution in [0, 0.1) is 5.92 Å². The van der Waals surface area contributed by atoms with Gasteiger partial charge in [0.15, 0.2) is 0 Å². The van der Waals surface area contributed by atoms with Crippen LogP contribution in [0.5, 0.6) is 5.75 Å². The SMILES string of the molecule is COc1ccc(S(=O)(=O)N2CCC(C(=O)Nc3nnc(C(C)C)s3)CC2)cc1. The number of benzene rings is 1. The molecule has 8 nitrogen and oxygen atoms in total. The molecule has 2 heterocycles. The Hall–Kier alpha value is -2.04. The molecule has 0 saturated carbocycles. The number of carbonyl (C=O) groups is 1. The minimum atomic E-state index is -3.58. The molecule has 1 saturated heterocycles. The molecular weight excluding hydrogens is 400 g/mol. The summed E-state index contributed by atoms with van der Waals surface area (Å²) < 4.78 is 32.1. The van der Waals surface area contributed by atoms with E-state index < -0.39 is 10.0 Å². The molecule has 0 unspecified atom stereocenters. The summed E-state index contributed by atoms with van der Waals surface area (Å²) in [4.78, 5) is 12.7. The lowest BCUT2D eigenvalue weighted by Crippen LogP contribution is -2.41. The Kier molecular flexibility index (Phi) is 6.31. The van der Waals surface area contributed by atoms with Gasteiger partial charge in [0.2, 0.25) is 21.1 Å². The highest BCUT2D eigenvalue weighted by atomic mass is 32.2. The normalized spacial score (nSPS) is 16.3. The van der Waals surface area contributed by atoms with Gasteiger partial charge in [-0.25, -0.2) is 8.42 Å². The maximum Gasteiger partial charge on any atom is 0.243 e. The van der Waals surface area contributed by atoms with Gasteiger partial charge in [-0.2, -0.15) is 4.31 Å². The Morgan fingerprint density at radius 1 is 1.21 bits per heavy atom. The van der Waals surface area contributed by atoms with Crippen molar-refractivity contribution < 1.29 is 17.9 Å². The minimum Gasteiger partial charge on any atom is -0.497 e. The molecule has 2 aromatic rings. The lowest BCUT2D eigenvalue weighted by Gasteiger charge is -2.30. The lowest BCUT2D eigenvalue weighted by atomic mass is 9.97. The Labute approximate surface area is 169 Å². The van der Waals surface area contributed by atoms with Crippen LogP contribution >= 0.6 is 11.3 Å². The molecule has 1 amide bonds. The van der Waals surface area contributed by atoms with E-state index in [1.54, 1.807) is 12.1 Å². The summed E-state index contributed by atoms with van der Waals surface area (Å²) in [5.74, 6) is 0.489. The van der Waals surface area contributed by atoms with Crippen LogP contribution in [0.2, 0.25) is 0 Å². The molecule has 0 atom stereocenters. The third-order valence-electron chi connectivity index (χ3n) is 4.69. The largest absolute Gasteiger partial charge is 0.497 e. The Morgan fingerprint density at radius 2 is 1.86 bits per heavy atom. The smallest absolute Gasteiger partial charge is 0.243 e. The highest BCUT2D eigenvalue weighted by Crippen LogP contribution is 2.27. The molecule has 0 radical (unpaired) electrons. The molecule has 0 spiro atoms. The van der Waals surface area contributed by atoms with Crippen molar-refractivity contribution in [2.75, 3.05) is 25.5 Å². The molecule has 152 valence electrons. The third-order valence-corrected chi connectivity index (χ3v) is 7.74. The van der Waals surface area contributed by atoms with Crippen LogP contribution in [0.25, 0.3) is 0 Å². The molecule has 1 aliphatic rings. The number of hydrogen-bond donors (Lipinski definition) is 1. The number of amides is 1. The molecule has 1 aromatic carbocycles. The highest BCUT2D eigenvalue weighted by molar-refractivity contribution is 7.89. The standard InChI is InChI=1S/C18H24N4O4S2/c1-12(2)17-20-21-18(27-17)19-16(23)13-8-10-22(11-9-13)28(24,25)15-6-4-14(26-3)5-7-15/h4-7,12-13H,8-11H2,1-3H3,(H,19,21,23). The van der Waals surface area contributed by atoms with Gasteiger partial charge in [0.05, 0.1) is 12.0 Å². The number of nitrogens with zero attached hydrogens (tertiary/aromatic N) is 3. The third kappa shape index (κ3) is 4.50. The number of piperidine rings is 1. The first-order valence-electron chi connectivity index (χ1n) is 9.09. The fourth-order valence-corrected chi connectivity index (χ4v) is 5.20. The van der Waals surface area contributed by atoms with Gasteiger partial charge in [-0.1, -0.05) is 25.2 Å². The van der Waals surface area contributed by atoms with E-state index >= 15 is 0 Å². The molecule has 1 N–H and O–H groups in total. The second-order valence-electron chi connectivity index (χ2n) is 6.94. The van der Waals surface area contributed by atoms with Crippen LogP contribution in [0.3, 0.4) is 0 Å². The number of rotatable bonds is 6. The second-order valence-corrected chi connectivity index (χ2v) is 9.89. The first-order chi connectivity index (χ1) is 13.3. The lowest BCUT2D eigenvalue weighted by molar-refractivity contribution is -0.120. The second kappa shape index (κ2) is 8.54. The van der Waals surface area contributed by atoms with Crippen molar-refractivity contribution in [3.63, 3.8) is 0 Å². The van der Waals surface area contributed by atoms with Gasteiger partial charge >= 0.3 is 0 Å². The van der Waals surface area contributed by atoms with Crippen molar-refractivity contribution in [3.8, 4) is 5.75 Å². The highest BCUT2D eigenvalue weighted by Gasteiger charge is 2.32. The Balaban J connectivity index is 1.59. The molecule has 1 fully saturated rings. The van der Waals surface area contributed by atoms with E-state index in [1.807, 2.05) is 13.8 Å². The topological polar surface area (TPSA) is 101 Å². The maximum atomic E-state index is 12.8. The first kappa shape index (κ1) is 20.7. The zero-order valence-electron chi connectivity index (χ0n) is 16.1. The number of carbonyl (C=O) groups excluding carboxylic acids is 1. The first-order valence-corrected chi connectivity index (χ1v) is 11.4. The number of anilines is 1. The summed E-state index contributed by atoms with van der Waals surface area (Å²) in [6.45, 7) is 4.65. The van der Waals surface area contributed by atoms with Gasteiger partial charge in [-0.15, -0.1) is 10.2 Å². The van der Waals surface area contributed by atoms with E-state index in [1.165, 1.54) is 34.9 Å². The molecular formula is C18H24N4O4S2. The summed E-state index contributed by atoms with van der Waals surface area (Å²) >= 11 is 1.37. The molecule has 1 aliphatic heterocycles. The summed E-state index contributed by atoms with van der Waals surface area (Å²) in [6.07, 6.45) is 0.939. The van der Waals surface area contributed by atoms with Crippen molar-refractivity contribution in [2.24, 2.45) is 5.92 Å². The molecule has 10 heteroatoms. The molecule has 28 heavy (non-hydrogen) atoms. The van der Waals surface area contributed by atoms with Crippen LogP contribution in [0.1, 0.15) is 37.6 Å². The predicted molar refractivity (Wildman–Crippen MR) is 107 cm³/mol. The predicted octanol–water partition coefficient (Wildman–Crippen LogP) is 2.71. The van der Waals surface area contributed by atoms with Crippen LogP contribution in [-0.2, 0) is 14.8 Å². The van der Waals surface area contributed by atoms with E-state index in [9.17, 15) is 13.2 Å². The number of sulfonamides is 1. The summed E-state index contributed by atoms with van der Waals surface area (Å²) in [7, 11) is -2.04. The monoisotopic (exact) mass is 424 g/mol. The number of hydrogen-bond acceptors (Lipinski definition) is 7. The Morgan fingerprint density at radius 3 is 2.39 bits per heavy atom. The van der Waals surface area contributed by atoms with Gasteiger partial charge in [-0.05, 0) is 37.1 Å². The van der Waals surface area contributed by atoms with Crippen LogP contribution in [0.15, 0.2) is 29.2 Å². The quantitative estimate of drug-likeness (QED) is 0.765. The van der Waals surface area contributed by atoms with Gasteiger partial charge in [0.1, 0.15) is 10.8 Å². The van der Waals surface area contributed by atoms with Gasteiger partial charge < -0.3 is 10.1 Å². The molecule has 0 bridgehead atoms. The van der Waals surface area contributed by atoms with E-state index in [0.29, 0.717) is 36.8 Å². The van der Waals surface area contributed by atoms with Gasteiger partial charge in [-0.3, -0.25) is 4.79 Å². The number of nitrogens with one attached hydrogen (secondary N) is 1. The summed E-state index contributed by atoms with van der Waals surface area (Å²) in [5, 5.41) is 12.2. The van der Waals surface area contributed by atoms with Gasteiger partial charge in [0, 0.05) is 24.9 Å². The average Bonchev–Trinajstić information content (AvgIpc) is 3.17. The van der Waals surface area contributed by atoms with Crippen LogP contribution < -0.4 is 10.1 Å². The van der Waals surface area contributed by atoms with Crippen molar-refractivity contribution in [1.82, 2.24) is 14.5 Å². The molecule has 1 aromatic heterocycles. The summed E-state index contributed by atoms with van der Waals surface area (Å²) in [5.41, 5.74) is 0. The number of methoxy groups -OCH3 is 1. The number of ether oxygens (including phenoxy) is 1. The average molecular weight is 425 g/mol. The zero-order chi connectivity index (χ0) is 20.3. The Bertz CT molecular complexity index is 917. The van der Waals surface area contributed by atoms with Crippen molar-refractivity contribution in [1.29, 1.82) is 0 Å². The molecule has 0 aliphatic carbocycles. The van der Waals surface area contributed by atoms with Crippen LogP contribution in [-0.4, -0.2) is 49.0 Å². The fraction of sp³-hybridized carbons (Fsp3) is 0.500. The van der Waals surface area contributed by atoms with E-state index in [4.69, 9.17) is 4.74 Å². The van der Waals surface area contributed by atoms with Crippen LogP contribution in [0.4, 0.5) is 5.13 Å². The van der Waals surface area contributed by atoms with Crippen molar-refractivity contribution in [3.05, 3.63) is 29.3 Å². The fourth-order valence-electron chi connectivity index (χ4n) is 2.98. The van der Waals surface area contributed by atoms with E-state index in [-0.39, 0.29) is 22.6 Å². The van der Waals surface area contributed by atoms with E-state index in [2.05, 4.69) is 15.5 Å². The zero-order valence-corrected chi connectivity index (χ0v) is 17.7. The minimum absolute atomic E-state index is 0.132. The van der Waals surface area contributed by atoms with Crippen molar-refractivity contribution >= 4 is 32.4 Å². The number of aromatic nitrogens is 2. The van der Waals surface area contributed by atoms with Crippen molar-refractivity contribution in [2.45, 2.75) is 37.5 Å². The van der Waals surface area contributed by atoms with E-state index in [0.717, 1.165) is 5.01 Å².